The Morgan fingerprint density at radius 2 is 1.88 bits per heavy atom. The molecule has 5 rings (SSSR count). The highest BCUT2D eigenvalue weighted by Gasteiger charge is 2.43. The van der Waals surface area contributed by atoms with Crippen molar-refractivity contribution in [3.63, 3.8) is 0 Å². The maximum absolute atomic E-state index is 13.5. The normalized spacial score (nSPS) is 22.6. The van der Waals surface area contributed by atoms with Gasteiger partial charge in [-0.05, 0) is 48.9 Å². The van der Waals surface area contributed by atoms with Crippen molar-refractivity contribution in [1.29, 1.82) is 0 Å². The van der Waals surface area contributed by atoms with Crippen molar-refractivity contribution >= 4 is 28.9 Å². The summed E-state index contributed by atoms with van der Waals surface area (Å²) in [6.45, 7) is 0.509. The number of nitrogens with one attached hydrogen (secondary N) is 1. The maximum atomic E-state index is 13.5. The Labute approximate surface area is 195 Å². The van der Waals surface area contributed by atoms with Crippen LogP contribution in [0.25, 0.3) is 5.65 Å². The van der Waals surface area contributed by atoms with E-state index in [1.165, 1.54) is 0 Å². The molecular formula is C21H20ClF5N6O. The van der Waals surface area contributed by atoms with E-state index in [1.807, 2.05) is 6.07 Å². The number of aromatic nitrogens is 4. The van der Waals surface area contributed by atoms with Crippen molar-refractivity contribution in [2.75, 3.05) is 29.9 Å². The molecule has 34 heavy (non-hydrogen) atoms. The Hall–Kier alpha value is -2.89. The van der Waals surface area contributed by atoms with Gasteiger partial charge in [-0.2, -0.15) is 18.2 Å². The van der Waals surface area contributed by atoms with Gasteiger partial charge in [-0.1, -0.05) is 11.6 Å². The van der Waals surface area contributed by atoms with Crippen LogP contribution in [0.3, 0.4) is 0 Å². The third-order valence-electron chi connectivity index (χ3n) is 6.31. The van der Waals surface area contributed by atoms with Crippen LogP contribution in [-0.2, 0) is 6.18 Å². The number of pyridine rings is 2. The largest absolute Gasteiger partial charge is 0.484 e. The predicted octanol–water partition coefficient (Wildman–Crippen LogP) is 4.77. The molecule has 0 spiro atoms. The number of alkyl halides is 5. The molecule has 0 amide bonds. The van der Waals surface area contributed by atoms with Crippen molar-refractivity contribution in [2.45, 2.75) is 31.5 Å². The summed E-state index contributed by atoms with van der Waals surface area (Å²) in [7, 11) is 0. The van der Waals surface area contributed by atoms with Crippen LogP contribution in [0.4, 0.5) is 33.6 Å². The molecule has 0 radical (unpaired) electrons. The van der Waals surface area contributed by atoms with Crippen molar-refractivity contribution in [2.24, 2.45) is 11.8 Å². The fraction of sp³-hybridized carbons (Fsp3) is 0.476. The predicted molar refractivity (Wildman–Crippen MR) is 115 cm³/mol. The molecule has 13 heteroatoms. The van der Waals surface area contributed by atoms with Crippen LogP contribution in [0.5, 0.6) is 5.75 Å². The second-order valence-electron chi connectivity index (χ2n) is 8.46. The van der Waals surface area contributed by atoms with Crippen LogP contribution in [-0.4, -0.2) is 51.7 Å². The number of rotatable bonds is 6. The molecule has 1 saturated heterocycles. The van der Waals surface area contributed by atoms with Crippen LogP contribution in [0, 0.1) is 11.8 Å². The van der Waals surface area contributed by atoms with E-state index in [4.69, 9.17) is 16.3 Å². The first kappa shape index (κ1) is 22.9. The van der Waals surface area contributed by atoms with Gasteiger partial charge in [-0.15, -0.1) is 5.10 Å². The number of hydrogen-bond acceptors (Lipinski definition) is 6. The molecule has 2 fully saturated rings. The molecular weight excluding hydrogens is 483 g/mol. The lowest BCUT2D eigenvalue weighted by molar-refractivity contribution is -0.142. The summed E-state index contributed by atoms with van der Waals surface area (Å²) in [5.41, 5.74) is -0.370. The monoisotopic (exact) mass is 502 g/mol. The van der Waals surface area contributed by atoms with E-state index >= 15 is 0 Å². The number of hydrogen-bond donors (Lipinski definition) is 1. The van der Waals surface area contributed by atoms with Gasteiger partial charge in [-0.3, -0.25) is 0 Å². The molecule has 3 aromatic rings. The highest BCUT2D eigenvalue weighted by Crippen LogP contribution is 2.40. The van der Waals surface area contributed by atoms with Gasteiger partial charge in [0.05, 0.1) is 0 Å². The number of nitrogens with zero attached hydrogens (tertiary/aromatic N) is 5. The van der Waals surface area contributed by atoms with E-state index in [0.29, 0.717) is 9.67 Å². The second kappa shape index (κ2) is 8.71. The topological polar surface area (TPSA) is 67.6 Å². The van der Waals surface area contributed by atoms with E-state index in [2.05, 4.69) is 25.3 Å². The molecule has 4 heterocycles. The highest BCUT2D eigenvalue weighted by atomic mass is 35.5. The van der Waals surface area contributed by atoms with Gasteiger partial charge in [0.1, 0.15) is 17.5 Å². The summed E-state index contributed by atoms with van der Waals surface area (Å²) < 4.78 is 71.3. The zero-order valence-electron chi connectivity index (χ0n) is 17.6. The van der Waals surface area contributed by atoms with E-state index < -0.39 is 24.9 Å². The maximum Gasteiger partial charge on any atom is 0.433 e. The van der Waals surface area contributed by atoms with Crippen molar-refractivity contribution < 1.29 is 26.7 Å². The van der Waals surface area contributed by atoms with Gasteiger partial charge in [0.2, 0.25) is 5.95 Å². The van der Waals surface area contributed by atoms with Gasteiger partial charge >= 0.3 is 6.18 Å². The minimum absolute atomic E-state index is 0.000836. The van der Waals surface area contributed by atoms with Gasteiger partial charge in [-0.25, -0.2) is 18.3 Å². The molecule has 1 saturated carbocycles. The standard InChI is InChI=1S/C21H20ClF5N6O/c22-16-7-13(5-6-28-16)32-8-11-1-2-12(9-32)18(11)29-20-30-19-14(34-10-17(23)24)3-4-15(21(25,26)27)33(19)31-20/h3-7,11-12,17-18H,1-2,8-10H2,(H,29,31)/t11-,12+,18?. The van der Waals surface area contributed by atoms with Crippen LogP contribution in [0.1, 0.15) is 18.5 Å². The van der Waals surface area contributed by atoms with E-state index in [9.17, 15) is 22.0 Å². The first-order valence-corrected chi connectivity index (χ1v) is 11.1. The Kier molecular flexibility index (Phi) is 5.86. The fourth-order valence-corrected chi connectivity index (χ4v) is 5.06. The molecule has 1 N–H and O–H groups in total. The highest BCUT2D eigenvalue weighted by molar-refractivity contribution is 6.29. The molecule has 3 atom stereocenters. The molecule has 0 aromatic carbocycles. The third-order valence-corrected chi connectivity index (χ3v) is 6.52. The zero-order valence-corrected chi connectivity index (χ0v) is 18.4. The summed E-state index contributed by atoms with van der Waals surface area (Å²) in [6, 6.07) is 5.39. The Balaban J connectivity index is 1.40. The first-order valence-electron chi connectivity index (χ1n) is 10.7. The molecule has 1 unspecified atom stereocenters. The fourth-order valence-electron chi connectivity index (χ4n) is 4.89. The molecule has 2 aliphatic rings. The molecule has 2 bridgehead atoms. The lowest BCUT2D eigenvalue weighted by Gasteiger charge is -2.39. The average Bonchev–Trinajstić information content (AvgIpc) is 3.28. The second-order valence-corrected chi connectivity index (χ2v) is 8.85. The Morgan fingerprint density at radius 1 is 1.15 bits per heavy atom. The number of piperidine rings is 1. The lowest BCUT2D eigenvalue weighted by Crippen LogP contribution is -2.48. The molecule has 7 nitrogen and oxygen atoms in total. The summed E-state index contributed by atoms with van der Waals surface area (Å²) in [5.74, 6) is 0.241. The van der Waals surface area contributed by atoms with Crippen molar-refractivity contribution in [3.05, 3.63) is 41.3 Å². The van der Waals surface area contributed by atoms with Crippen LogP contribution in [0.2, 0.25) is 5.15 Å². The number of fused-ring (bicyclic) bond motifs is 3. The van der Waals surface area contributed by atoms with Crippen LogP contribution >= 0.6 is 11.6 Å². The van der Waals surface area contributed by atoms with Crippen molar-refractivity contribution in [1.82, 2.24) is 19.6 Å². The molecule has 182 valence electrons. The lowest BCUT2D eigenvalue weighted by atomic mass is 9.92. The first-order chi connectivity index (χ1) is 16.2. The SMILES string of the molecule is FC(F)COc1ccc(C(F)(F)F)n2nc(NC3[C@@H]4CC[C@H]3CN(c3ccnc(Cl)c3)C4)nc12. The summed E-state index contributed by atoms with van der Waals surface area (Å²) >= 11 is 6.02. The third kappa shape index (κ3) is 4.42. The van der Waals surface area contributed by atoms with Gasteiger partial charge in [0, 0.05) is 31.0 Å². The Bertz CT molecular complexity index is 1170. The van der Waals surface area contributed by atoms with Crippen molar-refractivity contribution in [3.8, 4) is 5.75 Å². The Morgan fingerprint density at radius 3 is 2.53 bits per heavy atom. The minimum atomic E-state index is -4.71. The summed E-state index contributed by atoms with van der Waals surface area (Å²) in [6.07, 6.45) is -3.95. The number of anilines is 2. The molecule has 1 aliphatic heterocycles. The van der Waals surface area contributed by atoms with Gasteiger partial charge < -0.3 is 15.0 Å². The van der Waals surface area contributed by atoms with E-state index in [0.717, 1.165) is 43.8 Å². The molecule has 1 aliphatic carbocycles. The number of halogens is 6. The average molecular weight is 503 g/mol. The minimum Gasteiger partial charge on any atom is -0.484 e. The van der Waals surface area contributed by atoms with Crippen LogP contribution in [0.15, 0.2) is 30.5 Å². The zero-order chi connectivity index (χ0) is 24.0. The summed E-state index contributed by atoms with van der Waals surface area (Å²) in [5, 5.41) is 7.63. The van der Waals surface area contributed by atoms with E-state index in [-0.39, 0.29) is 35.2 Å². The molecule has 3 aromatic heterocycles. The van der Waals surface area contributed by atoms with E-state index in [1.54, 1.807) is 12.3 Å². The van der Waals surface area contributed by atoms with Gasteiger partial charge in [0.25, 0.3) is 6.43 Å². The number of ether oxygens (including phenoxy) is 1. The quantitative estimate of drug-likeness (QED) is 0.387. The van der Waals surface area contributed by atoms with Crippen LogP contribution < -0.4 is 15.0 Å². The summed E-state index contributed by atoms with van der Waals surface area (Å²) in [4.78, 5) is 10.4. The smallest absolute Gasteiger partial charge is 0.433 e. The van der Waals surface area contributed by atoms with Gasteiger partial charge in [0.15, 0.2) is 11.4 Å².